The van der Waals surface area contributed by atoms with Gasteiger partial charge in [0.2, 0.25) is 10.0 Å². The van der Waals surface area contributed by atoms with E-state index in [0.29, 0.717) is 13.1 Å². The Labute approximate surface area is 179 Å². The quantitative estimate of drug-likeness (QED) is 0.359. The molecular formula is C18H21F2IN4O2S. The number of nitrogens with one attached hydrogen (secondary N) is 1. The first-order valence-electron chi connectivity index (χ1n) is 8.47. The largest absolute Gasteiger partial charge is 0.370 e. The number of nitrogens with two attached hydrogens (primary N) is 1. The number of sulfonamides is 1. The van der Waals surface area contributed by atoms with E-state index in [1.165, 1.54) is 16.4 Å². The summed E-state index contributed by atoms with van der Waals surface area (Å²) in [6.45, 7) is 1.26. The topological polar surface area (TPSA) is 87.8 Å². The van der Waals surface area contributed by atoms with Crippen LogP contribution < -0.4 is 11.1 Å². The Kier molecular flexibility index (Phi) is 7.72. The van der Waals surface area contributed by atoms with Gasteiger partial charge in [0, 0.05) is 19.2 Å². The monoisotopic (exact) mass is 522 g/mol. The zero-order valence-electron chi connectivity index (χ0n) is 14.9. The zero-order chi connectivity index (χ0) is 19.4. The van der Waals surface area contributed by atoms with Crippen LogP contribution in [-0.4, -0.2) is 31.8 Å². The Morgan fingerprint density at radius 3 is 2.39 bits per heavy atom. The van der Waals surface area contributed by atoms with Crippen molar-refractivity contribution in [3.05, 3.63) is 59.7 Å². The number of halogens is 3. The number of aliphatic imine (C=N–C) groups is 1. The van der Waals surface area contributed by atoms with Crippen molar-refractivity contribution < 1.29 is 17.2 Å². The van der Waals surface area contributed by atoms with E-state index in [4.69, 9.17) is 5.73 Å². The average Bonchev–Trinajstić information content (AvgIpc) is 3.19. The number of hydrogen-bond acceptors (Lipinski definition) is 3. The molecule has 0 saturated carbocycles. The molecule has 3 rings (SSSR count). The van der Waals surface area contributed by atoms with Gasteiger partial charge >= 0.3 is 0 Å². The van der Waals surface area contributed by atoms with Gasteiger partial charge in [-0.05, 0) is 42.7 Å². The van der Waals surface area contributed by atoms with Crippen molar-refractivity contribution in [1.82, 2.24) is 4.31 Å². The summed E-state index contributed by atoms with van der Waals surface area (Å²) in [6.07, 6.45) is 1.76. The molecule has 0 spiro atoms. The Hall–Kier alpha value is -1.79. The van der Waals surface area contributed by atoms with Gasteiger partial charge in [-0.2, -0.15) is 4.31 Å². The van der Waals surface area contributed by atoms with Crippen LogP contribution in [0.2, 0.25) is 0 Å². The Morgan fingerprint density at radius 1 is 1.11 bits per heavy atom. The van der Waals surface area contributed by atoms with E-state index in [0.717, 1.165) is 36.6 Å². The second-order valence-electron chi connectivity index (χ2n) is 6.21. The second-order valence-corrected chi connectivity index (χ2v) is 8.14. The Balaban J connectivity index is 0.00000280. The van der Waals surface area contributed by atoms with Crippen molar-refractivity contribution in [1.29, 1.82) is 0 Å². The molecule has 1 aliphatic rings. The number of nitrogens with zero attached hydrogens (tertiary/aromatic N) is 2. The van der Waals surface area contributed by atoms with E-state index < -0.39 is 21.7 Å². The van der Waals surface area contributed by atoms with Crippen LogP contribution in [0.5, 0.6) is 0 Å². The highest BCUT2D eigenvalue weighted by molar-refractivity contribution is 14.0. The summed E-state index contributed by atoms with van der Waals surface area (Å²) in [4.78, 5) is 4.30. The highest BCUT2D eigenvalue weighted by atomic mass is 127. The van der Waals surface area contributed by atoms with Gasteiger partial charge < -0.3 is 11.1 Å². The number of guanidine groups is 1. The Bertz CT molecular complexity index is 947. The Morgan fingerprint density at radius 2 is 1.75 bits per heavy atom. The van der Waals surface area contributed by atoms with Crippen LogP contribution in [-0.2, 0) is 16.6 Å². The van der Waals surface area contributed by atoms with Gasteiger partial charge in [0.25, 0.3) is 0 Å². The average molecular weight is 522 g/mol. The fourth-order valence-electron chi connectivity index (χ4n) is 2.79. The van der Waals surface area contributed by atoms with E-state index >= 15 is 0 Å². The van der Waals surface area contributed by atoms with Gasteiger partial charge in [-0.25, -0.2) is 22.2 Å². The van der Waals surface area contributed by atoms with Gasteiger partial charge in [-0.15, -0.1) is 24.0 Å². The smallest absolute Gasteiger partial charge is 0.243 e. The van der Waals surface area contributed by atoms with E-state index in [2.05, 4.69) is 10.3 Å². The predicted octanol–water partition coefficient (Wildman–Crippen LogP) is 3.29. The van der Waals surface area contributed by atoms with Gasteiger partial charge in [0.15, 0.2) is 5.96 Å². The molecule has 1 saturated heterocycles. The van der Waals surface area contributed by atoms with Crippen LogP contribution in [0.15, 0.2) is 52.4 Å². The van der Waals surface area contributed by atoms with Crippen molar-refractivity contribution in [3.8, 4) is 0 Å². The lowest BCUT2D eigenvalue weighted by Crippen LogP contribution is -2.27. The highest BCUT2D eigenvalue weighted by Gasteiger charge is 2.26. The van der Waals surface area contributed by atoms with Crippen LogP contribution in [0, 0.1) is 11.6 Å². The molecule has 0 radical (unpaired) electrons. The summed E-state index contributed by atoms with van der Waals surface area (Å²) in [6, 6.07) is 9.36. The van der Waals surface area contributed by atoms with Crippen molar-refractivity contribution in [2.24, 2.45) is 10.7 Å². The third-order valence-electron chi connectivity index (χ3n) is 4.25. The van der Waals surface area contributed by atoms with Gasteiger partial charge in [0.05, 0.1) is 17.1 Å². The van der Waals surface area contributed by atoms with E-state index in [1.54, 1.807) is 12.1 Å². The summed E-state index contributed by atoms with van der Waals surface area (Å²) < 4.78 is 53.2. The number of hydrogen-bond donors (Lipinski definition) is 2. The molecule has 3 N–H and O–H groups in total. The maximum Gasteiger partial charge on any atom is 0.243 e. The predicted molar refractivity (Wildman–Crippen MR) is 115 cm³/mol. The minimum absolute atomic E-state index is 0. The van der Waals surface area contributed by atoms with Crippen molar-refractivity contribution in [2.45, 2.75) is 24.3 Å². The minimum Gasteiger partial charge on any atom is -0.370 e. The zero-order valence-corrected chi connectivity index (χ0v) is 18.1. The van der Waals surface area contributed by atoms with Crippen LogP contribution in [0.1, 0.15) is 18.4 Å². The lowest BCUT2D eigenvalue weighted by molar-refractivity contribution is 0.477. The van der Waals surface area contributed by atoms with Crippen molar-refractivity contribution >= 4 is 45.6 Å². The molecule has 0 aliphatic carbocycles. The number of rotatable bonds is 5. The third-order valence-corrected chi connectivity index (χ3v) is 6.16. The standard InChI is InChI=1S/C18H20F2N4O2S.HI/c19-14-5-8-16(20)17(11-14)23-18(21)22-12-13-3-6-15(7-4-13)27(25,26)24-9-1-2-10-24;/h3-8,11H,1-2,9-10,12H2,(H3,21,22,23);1H. The molecular weight excluding hydrogens is 501 g/mol. The fraction of sp³-hybridized carbons (Fsp3) is 0.278. The van der Waals surface area contributed by atoms with Crippen molar-refractivity contribution in [3.63, 3.8) is 0 Å². The molecule has 2 aromatic carbocycles. The molecule has 0 aromatic heterocycles. The lowest BCUT2D eigenvalue weighted by Gasteiger charge is -2.15. The molecule has 6 nitrogen and oxygen atoms in total. The molecule has 0 amide bonds. The molecule has 10 heteroatoms. The molecule has 1 fully saturated rings. The summed E-state index contributed by atoms with van der Waals surface area (Å²) in [5.41, 5.74) is 6.33. The third kappa shape index (κ3) is 5.39. The molecule has 0 atom stereocenters. The van der Waals surface area contributed by atoms with Crippen LogP contribution in [0.4, 0.5) is 14.5 Å². The molecule has 152 valence electrons. The highest BCUT2D eigenvalue weighted by Crippen LogP contribution is 2.21. The molecule has 0 bridgehead atoms. The van der Waals surface area contributed by atoms with Crippen LogP contribution in [0.3, 0.4) is 0 Å². The fourth-order valence-corrected chi connectivity index (χ4v) is 4.31. The summed E-state index contributed by atoms with van der Waals surface area (Å²) in [7, 11) is -3.45. The SMILES string of the molecule is I.NC(=NCc1ccc(S(=O)(=O)N2CCCC2)cc1)Nc1cc(F)ccc1F. The van der Waals surface area contributed by atoms with Crippen molar-refractivity contribution in [2.75, 3.05) is 18.4 Å². The lowest BCUT2D eigenvalue weighted by atomic mass is 10.2. The molecule has 0 unspecified atom stereocenters. The van der Waals surface area contributed by atoms with E-state index in [1.807, 2.05) is 0 Å². The first-order valence-corrected chi connectivity index (χ1v) is 9.91. The number of anilines is 1. The number of benzene rings is 2. The van der Waals surface area contributed by atoms with E-state index in [9.17, 15) is 17.2 Å². The summed E-state index contributed by atoms with van der Waals surface area (Å²) in [5.74, 6) is -1.32. The minimum atomic E-state index is -3.45. The van der Waals surface area contributed by atoms with Gasteiger partial charge in [-0.1, -0.05) is 12.1 Å². The van der Waals surface area contributed by atoms with Gasteiger partial charge in [0.1, 0.15) is 11.6 Å². The van der Waals surface area contributed by atoms with Crippen LogP contribution >= 0.6 is 24.0 Å². The molecule has 1 aliphatic heterocycles. The normalized spacial score (nSPS) is 15.3. The van der Waals surface area contributed by atoms with Gasteiger partial charge in [-0.3, -0.25) is 0 Å². The molecule has 28 heavy (non-hydrogen) atoms. The van der Waals surface area contributed by atoms with Crippen LogP contribution in [0.25, 0.3) is 0 Å². The second kappa shape index (κ2) is 9.61. The summed E-state index contributed by atoms with van der Waals surface area (Å²) in [5, 5.41) is 2.50. The summed E-state index contributed by atoms with van der Waals surface area (Å²) >= 11 is 0. The molecule has 1 heterocycles. The maximum atomic E-state index is 13.6. The molecule has 2 aromatic rings. The van der Waals surface area contributed by atoms with E-state index in [-0.39, 0.29) is 47.1 Å². The maximum absolute atomic E-state index is 13.6. The first kappa shape index (κ1) is 22.5. The first-order chi connectivity index (χ1) is 12.9.